The number of benzene rings is 1. The molecule has 3 rings (SSSR count). The second-order valence-electron chi connectivity index (χ2n) is 9.34. The van der Waals surface area contributed by atoms with E-state index in [1.54, 1.807) is 39.0 Å². The van der Waals surface area contributed by atoms with Gasteiger partial charge in [-0.25, -0.2) is 18.3 Å². The fourth-order valence-electron chi connectivity index (χ4n) is 3.50. The lowest BCUT2D eigenvalue weighted by Gasteiger charge is -2.33. The number of aliphatic hydroxyl groups is 1. The summed E-state index contributed by atoms with van der Waals surface area (Å²) in [5.74, 6) is -4.06. The third-order valence-electron chi connectivity index (χ3n) is 5.54. The van der Waals surface area contributed by atoms with E-state index in [4.69, 9.17) is 29.0 Å². The van der Waals surface area contributed by atoms with Crippen LogP contribution in [0.15, 0.2) is 36.7 Å². The Bertz CT molecular complexity index is 1380. The predicted octanol–water partition coefficient (Wildman–Crippen LogP) is 3.47. The van der Waals surface area contributed by atoms with E-state index in [9.17, 15) is 18.9 Å². The van der Waals surface area contributed by atoms with Crippen molar-refractivity contribution in [1.82, 2.24) is 24.6 Å². The smallest absolute Gasteiger partial charge is 0.459 e. The number of carbonyl (C=O) groups is 1. The van der Waals surface area contributed by atoms with Crippen molar-refractivity contribution in [3.05, 3.63) is 36.7 Å². The van der Waals surface area contributed by atoms with Gasteiger partial charge in [-0.15, -0.1) is 0 Å². The van der Waals surface area contributed by atoms with E-state index in [1.807, 2.05) is 0 Å². The summed E-state index contributed by atoms with van der Waals surface area (Å²) >= 11 is 0. The van der Waals surface area contributed by atoms with Crippen LogP contribution in [0.4, 0.5) is 14.7 Å². The molecule has 0 aliphatic rings. The topological polar surface area (TPSA) is 182 Å². The molecule has 0 saturated carbocycles. The maximum atomic E-state index is 16.2. The average Bonchev–Trinajstić information content (AvgIpc) is 3.34. The van der Waals surface area contributed by atoms with Crippen molar-refractivity contribution in [3.8, 4) is 11.6 Å². The second kappa shape index (κ2) is 14.2. The van der Waals surface area contributed by atoms with Crippen LogP contribution in [0.2, 0.25) is 0 Å². The van der Waals surface area contributed by atoms with Gasteiger partial charge in [0.05, 0.1) is 19.0 Å². The zero-order valence-corrected chi connectivity index (χ0v) is 24.7. The number of halogens is 2. The quantitative estimate of drug-likeness (QED) is 0.157. The van der Waals surface area contributed by atoms with Crippen LogP contribution in [0.25, 0.3) is 11.2 Å². The highest BCUT2D eigenvalue weighted by molar-refractivity contribution is 7.52. The predicted molar refractivity (Wildman–Crippen MR) is 147 cm³/mol. The summed E-state index contributed by atoms with van der Waals surface area (Å²) in [4.78, 5) is 24.5. The maximum Gasteiger partial charge on any atom is 0.459 e. The Labute approximate surface area is 241 Å². The maximum absolute atomic E-state index is 16.2. The average molecular weight is 617 g/mol. The van der Waals surface area contributed by atoms with Gasteiger partial charge in [-0.1, -0.05) is 18.2 Å². The first-order chi connectivity index (χ1) is 19.8. The van der Waals surface area contributed by atoms with Crippen molar-refractivity contribution in [2.75, 3.05) is 25.6 Å². The van der Waals surface area contributed by atoms with Gasteiger partial charge in [0.15, 0.2) is 17.4 Å². The molecule has 14 nitrogen and oxygen atoms in total. The van der Waals surface area contributed by atoms with E-state index in [2.05, 4.69) is 20.0 Å². The van der Waals surface area contributed by atoms with Crippen LogP contribution >= 0.6 is 7.75 Å². The SMILES string of the molecule is CCOc1nc(N)nc2c1ncn2[C@H](CF)O[C@](F)(COP(=O)(NC(C)C(=O)OC(C)C)Oc1ccccc1)[C@H](C)O. The third kappa shape index (κ3) is 8.32. The number of fused-ring (bicyclic) bond motifs is 1. The molecule has 2 heterocycles. The second-order valence-corrected chi connectivity index (χ2v) is 11.0. The number of alkyl halides is 2. The van der Waals surface area contributed by atoms with Crippen LogP contribution < -0.4 is 20.1 Å². The molecular formula is C25H35F2N6O8P. The number of nitrogens with zero attached hydrogens (tertiary/aromatic N) is 4. The molecule has 3 aromatic rings. The third-order valence-corrected chi connectivity index (χ3v) is 7.17. The number of carbonyl (C=O) groups excluding carboxylic acids is 1. The minimum atomic E-state index is -4.55. The molecule has 0 bridgehead atoms. The standard InChI is InChI=1S/C25H35F2N6O8P/c1-6-37-22-20-21(30-24(28)31-22)33(14-29-20)19(12-26)40-25(27,17(5)34)13-38-42(36,41-18-10-8-7-9-11-18)32-16(4)23(35)39-15(2)3/h7-11,14-17,19,34H,6,12-13H2,1-5H3,(H,32,36)(H2,28,30,31)/t16?,17-,19-,25+,42?/m0/s1. The van der Waals surface area contributed by atoms with Crippen molar-refractivity contribution >= 4 is 30.8 Å². The van der Waals surface area contributed by atoms with Crippen molar-refractivity contribution in [2.45, 2.75) is 65.0 Å². The number of rotatable bonds is 16. The van der Waals surface area contributed by atoms with E-state index in [1.165, 1.54) is 19.1 Å². The van der Waals surface area contributed by atoms with Crippen molar-refractivity contribution in [3.63, 3.8) is 0 Å². The molecule has 0 aliphatic carbocycles. The Balaban J connectivity index is 1.89. The number of aromatic nitrogens is 4. The number of ether oxygens (including phenoxy) is 3. The lowest BCUT2D eigenvalue weighted by molar-refractivity contribution is -0.259. The molecule has 0 amide bonds. The normalized spacial score (nSPS) is 16.8. The Kier molecular flexibility index (Phi) is 11.2. The molecule has 42 heavy (non-hydrogen) atoms. The van der Waals surface area contributed by atoms with Crippen LogP contribution in [0.5, 0.6) is 11.6 Å². The summed E-state index contributed by atoms with van der Waals surface area (Å²) in [5, 5.41) is 12.7. The molecule has 2 aromatic heterocycles. The van der Waals surface area contributed by atoms with Gasteiger partial charge in [-0.3, -0.25) is 13.9 Å². The molecule has 0 fully saturated rings. The van der Waals surface area contributed by atoms with Gasteiger partial charge >= 0.3 is 13.7 Å². The highest BCUT2D eigenvalue weighted by Gasteiger charge is 2.44. The molecule has 0 saturated heterocycles. The fraction of sp³-hybridized carbons (Fsp3) is 0.520. The van der Waals surface area contributed by atoms with E-state index < -0.39 is 57.3 Å². The summed E-state index contributed by atoms with van der Waals surface area (Å²) in [6.45, 7) is 5.01. The summed E-state index contributed by atoms with van der Waals surface area (Å²) in [5.41, 5.74) is 5.83. The van der Waals surface area contributed by atoms with E-state index in [0.717, 1.165) is 17.8 Å². The van der Waals surface area contributed by atoms with E-state index in [-0.39, 0.29) is 35.3 Å². The van der Waals surface area contributed by atoms with E-state index in [0.29, 0.717) is 0 Å². The first-order valence-corrected chi connectivity index (χ1v) is 14.6. The molecule has 5 atom stereocenters. The largest absolute Gasteiger partial charge is 0.476 e. The van der Waals surface area contributed by atoms with Gasteiger partial charge in [0.1, 0.15) is 31.2 Å². The van der Waals surface area contributed by atoms with E-state index >= 15 is 4.39 Å². The summed E-state index contributed by atoms with van der Waals surface area (Å²) in [6, 6.07) is 6.54. The summed E-state index contributed by atoms with van der Waals surface area (Å²) < 4.78 is 72.0. The molecule has 4 N–H and O–H groups in total. The Morgan fingerprint density at radius 3 is 2.50 bits per heavy atom. The van der Waals surface area contributed by atoms with Gasteiger partial charge in [0.25, 0.3) is 5.85 Å². The van der Waals surface area contributed by atoms with Crippen molar-refractivity contribution < 1.29 is 46.5 Å². The summed E-state index contributed by atoms with van der Waals surface area (Å²) in [7, 11) is -4.55. The van der Waals surface area contributed by atoms with Crippen molar-refractivity contribution in [2.24, 2.45) is 0 Å². The van der Waals surface area contributed by atoms with Gasteiger partial charge in [0, 0.05) is 0 Å². The van der Waals surface area contributed by atoms with Crippen LogP contribution in [0.3, 0.4) is 0 Å². The first kappa shape index (κ1) is 33.1. The highest BCUT2D eigenvalue weighted by Crippen LogP contribution is 2.46. The molecule has 232 valence electrons. The zero-order valence-electron chi connectivity index (χ0n) is 23.8. The molecule has 1 aromatic carbocycles. The molecular weight excluding hydrogens is 581 g/mol. The van der Waals surface area contributed by atoms with Gasteiger partial charge in [-0.2, -0.15) is 15.1 Å². The Morgan fingerprint density at radius 2 is 1.90 bits per heavy atom. The number of esters is 1. The van der Waals surface area contributed by atoms with Gasteiger partial charge < -0.3 is 29.6 Å². The van der Waals surface area contributed by atoms with Crippen LogP contribution in [-0.4, -0.2) is 74.6 Å². The molecule has 0 radical (unpaired) electrons. The highest BCUT2D eigenvalue weighted by atomic mass is 31.2. The van der Waals surface area contributed by atoms with Gasteiger partial charge in [-0.05, 0) is 46.8 Å². The van der Waals surface area contributed by atoms with Crippen LogP contribution in [-0.2, 0) is 23.4 Å². The molecule has 17 heteroatoms. The van der Waals surface area contributed by atoms with Gasteiger partial charge in [0.2, 0.25) is 11.8 Å². The number of anilines is 1. The molecule has 0 spiro atoms. The Hall–Kier alpha value is -3.43. The minimum absolute atomic E-state index is 0.0249. The number of nitrogens with two attached hydrogens (primary N) is 1. The number of hydrogen-bond acceptors (Lipinski definition) is 12. The molecule has 2 unspecified atom stereocenters. The Morgan fingerprint density at radius 1 is 1.21 bits per heavy atom. The number of nitrogens with one attached hydrogen (secondary N) is 1. The van der Waals surface area contributed by atoms with Crippen LogP contribution in [0, 0.1) is 0 Å². The lowest BCUT2D eigenvalue weighted by atomic mass is 10.2. The number of aliphatic hydroxyl groups excluding tert-OH is 1. The number of nitrogen functional groups attached to an aromatic ring is 1. The fourth-order valence-corrected chi connectivity index (χ4v) is 5.01. The summed E-state index contributed by atoms with van der Waals surface area (Å²) in [6.07, 6.45) is -3.04. The zero-order chi connectivity index (χ0) is 31.1. The van der Waals surface area contributed by atoms with Crippen LogP contribution in [0.1, 0.15) is 40.8 Å². The minimum Gasteiger partial charge on any atom is -0.476 e. The number of imidazole rings is 1. The van der Waals surface area contributed by atoms with Crippen molar-refractivity contribution in [1.29, 1.82) is 0 Å². The lowest BCUT2D eigenvalue weighted by Crippen LogP contribution is -2.46. The monoisotopic (exact) mass is 616 g/mol. The number of hydrogen-bond donors (Lipinski definition) is 3. The molecule has 0 aliphatic heterocycles. The first-order valence-electron chi connectivity index (χ1n) is 13.0. The number of para-hydroxylation sites is 1.